The smallest absolute Gasteiger partial charge is 0.165 e. The molecule has 0 amide bonds. The van der Waals surface area contributed by atoms with Crippen molar-refractivity contribution in [3.63, 3.8) is 0 Å². The molecule has 3 rings (SSSR count). The number of fused-ring (bicyclic) bond motifs is 1. The molecule has 0 saturated heterocycles. The lowest BCUT2D eigenvalue weighted by Gasteiger charge is -2.05. The quantitative estimate of drug-likeness (QED) is 0.773. The Morgan fingerprint density at radius 1 is 1.11 bits per heavy atom. The number of benzene rings is 1. The van der Waals surface area contributed by atoms with E-state index in [4.69, 9.17) is 0 Å². The second-order valence-corrected chi connectivity index (χ2v) is 4.41. The Hall–Kier alpha value is -2.43. The molecule has 0 atom stereocenters. The highest BCUT2D eigenvalue weighted by Crippen LogP contribution is 2.16. The Morgan fingerprint density at radius 3 is 2.79 bits per heavy atom. The summed E-state index contributed by atoms with van der Waals surface area (Å²) >= 11 is 0. The number of aryl methyl sites for hydroxylation is 1. The van der Waals surface area contributed by atoms with Gasteiger partial charge in [0.05, 0.1) is 6.33 Å². The van der Waals surface area contributed by atoms with Crippen molar-refractivity contribution >= 4 is 17.0 Å². The van der Waals surface area contributed by atoms with E-state index in [1.165, 1.54) is 5.56 Å². The third kappa shape index (κ3) is 2.40. The molecule has 0 aliphatic heterocycles. The minimum absolute atomic E-state index is 0.793. The monoisotopic (exact) mass is 253 g/mol. The van der Waals surface area contributed by atoms with Crippen LogP contribution in [0.15, 0.2) is 43.0 Å². The molecule has 5 heteroatoms. The summed E-state index contributed by atoms with van der Waals surface area (Å²) in [4.78, 5) is 12.8. The highest BCUT2D eigenvalue weighted by atomic mass is 15.1. The van der Waals surface area contributed by atoms with E-state index in [9.17, 15) is 0 Å². The molecule has 0 spiro atoms. The van der Waals surface area contributed by atoms with E-state index in [0.29, 0.717) is 0 Å². The van der Waals surface area contributed by atoms with Gasteiger partial charge in [0.2, 0.25) is 0 Å². The minimum atomic E-state index is 0.793. The van der Waals surface area contributed by atoms with Gasteiger partial charge in [-0.1, -0.05) is 30.3 Å². The standard InChI is InChI=1S/C14H15N5/c1-19-10-18-12-13(16-9-17-14(12)19)15-8-7-11-5-3-2-4-6-11/h2-6,9-10H,7-8H2,1H3,(H,15,16,17). The Bertz CT molecular complexity index is 675. The molecule has 0 aliphatic carbocycles. The van der Waals surface area contributed by atoms with Gasteiger partial charge in [0.25, 0.3) is 0 Å². The molecule has 2 aromatic heterocycles. The second kappa shape index (κ2) is 5.06. The van der Waals surface area contributed by atoms with E-state index in [0.717, 1.165) is 29.9 Å². The molecule has 3 aromatic rings. The average molecular weight is 253 g/mol. The summed E-state index contributed by atoms with van der Waals surface area (Å²) in [5, 5.41) is 3.32. The van der Waals surface area contributed by atoms with E-state index in [-0.39, 0.29) is 0 Å². The van der Waals surface area contributed by atoms with Crippen LogP contribution in [0.3, 0.4) is 0 Å². The van der Waals surface area contributed by atoms with Gasteiger partial charge in [0.1, 0.15) is 11.8 Å². The molecule has 0 saturated carbocycles. The normalized spacial score (nSPS) is 10.8. The van der Waals surface area contributed by atoms with Crippen LogP contribution in [0.2, 0.25) is 0 Å². The fraction of sp³-hybridized carbons (Fsp3) is 0.214. The number of hydrogen-bond donors (Lipinski definition) is 1. The van der Waals surface area contributed by atoms with Crippen LogP contribution in [-0.2, 0) is 13.5 Å². The van der Waals surface area contributed by atoms with Gasteiger partial charge in [-0.05, 0) is 12.0 Å². The number of imidazole rings is 1. The lowest BCUT2D eigenvalue weighted by atomic mass is 10.1. The van der Waals surface area contributed by atoms with Crippen molar-refractivity contribution in [1.82, 2.24) is 19.5 Å². The van der Waals surface area contributed by atoms with E-state index >= 15 is 0 Å². The lowest BCUT2D eigenvalue weighted by Crippen LogP contribution is -2.07. The molecular formula is C14H15N5. The van der Waals surface area contributed by atoms with Gasteiger partial charge in [0.15, 0.2) is 11.5 Å². The number of anilines is 1. The minimum Gasteiger partial charge on any atom is -0.368 e. The van der Waals surface area contributed by atoms with Crippen molar-refractivity contribution in [1.29, 1.82) is 0 Å². The van der Waals surface area contributed by atoms with Crippen LogP contribution in [-0.4, -0.2) is 26.1 Å². The van der Waals surface area contributed by atoms with Crippen LogP contribution in [0.4, 0.5) is 5.82 Å². The maximum Gasteiger partial charge on any atom is 0.165 e. The van der Waals surface area contributed by atoms with Crippen molar-refractivity contribution in [2.24, 2.45) is 7.05 Å². The molecule has 5 nitrogen and oxygen atoms in total. The van der Waals surface area contributed by atoms with Crippen molar-refractivity contribution < 1.29 is 0 Å². The summed E-state index contributed by atoms with van der Waals surface area (Å²) in [5.41, 5.74) is 2.97. The van der Waals surface area contributed by atoms with Crippen LogP contribution in [0.25, 0.3) is 11.2 Å². The van der Waals surface area contributed by atoms with Crippen molar-refractivity contribution in [3.8, 4) is 0 Å². The number of nitrogens with one attached hydrogen (secondary N) is 1. The first-order chi connectivity index (χ1) is 9.34. The highest BCUT2D eigenvalue weighted by Gasteiger charge is 2.07. The van der Waals surface area contributed by atoms with Crippen molar-refractivity contribution in [2.75, 3.05) is 11.9 Å². The average Bonchev–Trinajstić information content (AvgIpc) is 2.83. The molecule has 2 heterocycles. The van der Waals surface area contributed by atoms with Gasteiger partial charge < -0.3 is 9.88 Å². The van der Waals surface area contributed by atoms with Gasteiger partial charge >= 0.3 is 0 Å². The van der Waals surface area contributed by atoms with E-state index in [2.05, 4.69) is 44.5 Å². The van der Waals surface area contributed by atoms with Gasteiger partial charge in [0, 0.05) is 13.6 Å². The van der Waals surface area contributed by atoms with Gasteiger partial charge in [-0.2, -0.15) is 0 Å². The molecule has 19 heavy (non-hydrogen) atoms. The summed E-state index contributed by atoms with van der Waals surface area (Å²) in [6.07, 6.45) is 4.27. The van der Waals surface area contributed by atoms with E-state index in [1.54, 1.807) is 12.7 Å². The fourth-order valence-corrected chi connectivity index (χ4v) is 2.04. The number of hydrogen-bond acceptors (Lipinski definition) is 4. The molecule has 1 aromatic carbocycles. The third-order valence-electron chi connectivity index (χ3n) is 3.05. The lowest BCUT2D eigenvalue weighted by molar-refractivity contribution is 0.927. The van der Waals surface area contributed by atoms with Crippen LogP contribution in [0.5, 0.6) is 0 Å². The van der Waals surface area contributed by atoms with E-state index < -0.39 is 0 Å². The van der Waals surface area contributed by atoms with Gasteiger partial charge in [-0.15, -0.1) is 0 Å². The molecule has 0 bridgehead atoms. The predicted molar refractivity (Wildman–Crippen MR) is 74.9 cm³/mol. The zero-order valence-electron chi connectivity index (χ0n) is 10.7. The first kappa shape index (κ1) is 11.6. The van der Waals surface area contributed by atoms with E-state index in [1.807, 2.05) is 17.7 Å². The third-order valence-corrected chi connectivity index (χ3v) is 3.05. The van der Waals surface area contributed by atoms with Crippen molar-refractivity contribution in [3.05, 3.63) is 48.5 Å². The Balaban J connectivity index is 1.72. The molecule has 1 N–H and O–H groups in total. The van der Waals surface area contributed by atoms with Crippen molar-refractivity contribution in [2.45, 2.75) is 6.42 Å². The molecule has 0 unspecified atom stereocenters. The van der Waals surface area contributed by atoms with Crippen LogP contribution in [0, 0.1) is 0 Å². The topological polar surface area (TPSA) is 55.6 Å². The van der Waals surface area contributed by atoms with Crippen LogP contribution < -0.4 is 5.32 Å². The molecule has 0 fully saturated rings. The Labute approximate surface area is 111 Å². The number of aromatic nitrogens is 4. The first-order valence-electron chi connectivity index (χ1n) is 6.24. The summed E-state index contributed by atoms with van der Waals surface area (Å²) in [5.74, 6) is 0.793. The number of rotatable bonds is 4. The highest BCUT2D eigenvalue weighted by molar-refractivity contribution is 5.82. The summed E-state index contributed by atoms with van der Waals surface area (Å²) < 4.78 is 1.89. The van der Waals surface area contributed by atoms with Gasteiger partial charge in [-0.3, -0.25) is 0 Å². The van der Waals surface area contributed by atoms with Gasteiger partial charge in [-0.25, -0.2) is 15.0 Å². The summed E-state index contributed by atoms with van der Waals surface area (Å²) in [6, 6.07) is 10.4. The molecular weight excluding hydrogens is 238 g/mol. The Morgan fingerprint density at radius 2 is 1.95 bits per heavy atom. The largest absolute Gasteiger partial charge is 0.368 e. The maximum absolute atomic E-state index is 4.32. The molecule has 96 valence electrons. The zero-order valence-corrected chi connectivity index (χ0v) is 10.7. The SMILES string of the molecule is Cn1cnc2c(NCCc3ccccc3)ncnc21. The zero-order chi connectivity index (χ0) is 13.1. The summed E-state index contributed by atoms with van der Waals surface area (Å²) in [7, 11) is 1.93. The van der Waals surface area contributed by atoms with Crippen LogP contribution >= 0.6 is 0 Å². The molecule has 0 radical (unpaired) electrons. The Kier molecular flexibility index (Phi) is 3.10. The first-order valence-corrected chi connectivity index (χ1v) is 6.24. The number of nitrogens with zero attached hydrogens (tertiary/aromatic N) is 4. The predicted octanol–water partition coefficient (Wildman–Crippen LogP) is 2.02. The van der Waals surface area contributed by atoms with Crippen LogP contribution in [0.1, 0.15) is 5.56 Å². The maximum atomic E-state index is 4.32. The summed E-state index contributed by atoms with van der Waals surface area (Å²) in [6.45, 7) is 0.826. The fourth-order valence-electron chi connectivity index (χ4n) is 2.04. The molecule has 0 aliphatic rings. The second-order valence-electron chi connectivity index (χ2n) is 4.41.